The zero-order valence-corrected chi connectivity index (χ0v) is 17.4. The van der Waals surface area contributed by atoms with Crippen LogP contribution < -0.4 is 10.1 Å². The normalized spacial score (nSPS) is 10.5. The number of hydrogen-bond acceptors (Lipinski definition) is 6. The Morgan fingerprint density at radius 3 is 2.64 bits per heavy atom. The van der Waals surface area contributed by atoms with Gasteiger partial charge in [-0.25, -0.2) is 4.79 Å². The Bertz CT molecular complexity index is 978. The van der Waals surface area contributed by atoms with Crippen molar-refractivity contribution in [3.63, 3.8) is 0 Å². The van der Waals surface area contributed by atoms with Crippen LogP contribution >= 0.6 is 22.6 Å². The van der Waals surface area contributed by atoms with Crippen LogP contribution in [0.3, 0.4) is 0 Å². The molecule has 2 heterocycles. The van der Waals surface area contributed by atoms with Crippen LogP contribution in [0.4, 0.5) is 5.69 Å². The quantitative estimate of drug-likeness (QED) is 0.397. The minimum atomic E-state index is -0.631. The predicted molar refractivity (Wildman–Crippen MR) is 109 cm³/mol. The number of aryl methyl sites for hydroxylation is 1. The van der Waals surface area contributed by atoms with Crippen LogP contribution in [0.1, 0.15) is 33.7 Å². The average molecular weight is 495 g/mol. The largest absolute Gasteiger partial charge is 0.486 e. The molecule has 0 fully saturated rings. The lowest BCUT2D eigenvalue weighted by atomic mass is 10.3. The fourth-order valence-electron chi connectivity index (χ4n) is 2.37. The molecule has 0 bridgehead atoms. The molecular weight excluding hydrogens is 477 g/mol. The number of carbonyl (C=O) groups is 2. The molecule has 0 saturated heterocycles. The fraction of sp³-hybridized carbons (Fsp3) is 0.211. The summed E-state index contributed by atoms with van der Waals surface area (Å²) in [4.78, 5) is 24.3. The molecule has 0 spiro atoms. The van der Waals surface area contributed by atoms with Gasteiger partial charge in [-0.3, -0.25) is 9.48 Å². The Morgan fingerprint density at radius 2 is 1.96 bits per heavy atom. The first-order valence-corrected chi connectivity index (χ1v) is 9.52. The van der Waals surface area contributed by atoms with Crippen LogP contribution in [0, 0.1) is 3.57 Å². The lowest BCUT2D eigenvalue weighted by molar-refractivity contribution is 0.0594. The maximum Gasteiger partial charge on any atom is 0.360 e. The van der Waals surface area contributed by atoms with E-state index in [4.69, 9.17) is 13.9 Å². The third kappa shape index (κ3) is 4.71. The summed E-state index contributed by atoms with van der Waals surface area (Å²) in [5, 5.41) is 6.73. The van der Waals surface area contributed by atoms with E-state index in [1.54, 1.807) is 18.3 Å². The van der Waals surface area contributed by atoms with Crippen molar-refractivity contribution >= 4 is 40.2 Å². The van der Waals surface area contributed by atoms with Crippen LogP contribution in [-0.4, -0.2) is 28.8 Å². The third-order valence-corrected chi connectivity index (χ3v) is 4.51. The summed E-state index contributed by atoms with van der Waals surface area (Å²) in [6.45, 7) is 2.60. The van der Waals surface area contributed by atoms with Gasteiger partial charge in [0.15, 0.2) is 11.5 Å². The highest BCUT2D eigenvalue weighted by atomic mass is 127. The number of hydrogen-bond donors (Lipinski definition) is 1. The molecule has 1 aromatic carbocycles. The molecule has 0 unspecified atom stereocenters. The molecule has 3 rings (SSSR count). The molecular formula is C19H18IN3O5. The number of nitrogens with one attached hydrogen (secondary N) is 1. The van der Waals surface area contributed by atoms with Gasteiger partial charge in [-0.1, -0.05) is 0 Å². The molecule has 146 valence electrons. The Morgan fingerprint density at radius 1 is 1.21 bits per heavy atom. The maximum absolute atomic E-state index is 12.5. The Kier molecular flexibility index (Phi) is 6.34. The summed E-state index contributed by atoms with van der Waals surface area (Å²) < 4.78 is 18.5. The summed E-state index contributed by atoms with van der Waals surface area (Å²) in [5.74, 6) is 0.176. The Labute approximate surface area is 174 Å². The van der Waals surface area contributed by atoms with E-state index in [0.29, 0.717) is 18.1 Å². The smallest absolute Gasteiger partial charge is 0.360 e. The Balaban J connectivity index is 1.66. The van der Waals surface area contributed by atoms with Gasteiger partial charge in [0.1, 0.15) is 18.1 Å². The van der Waals surface area contributed by atoms with Gasteiger partial charge in [-0.05, 0) is 65.9 Å². The summed E-state index contributed by atoms with van der Waals surface area (Å²) in [7, 11) is 1.26. The summed E-state index contributed by atoms with van der Waals surface area (Å²) in [6, 6.07) is 10.8. The summed E-state index contributed by atoms with van der Waals surface area (Å²) >= 11 is 2.21. The summed E-state index contributed by atoms with van der Waals surface area (Å²) in [6.07, 6.45) is 1.56. The molecule has 0 aliphatic rings. The van der Waals surface area contributed by atoms with Crippen molar-refractivity contribution in [3.05, 3.63) is 63.4 Å². The summed E-state index contributed by atoms with van der Waals surface area (Å²) in [5.41, 5.74) is 0.290. The first-order valence-electron chi connectivity index (χ1n) is 8.44. The van der Waals surface area contributed by atoms with E-state index in [1.165, 1.54) is 11.8 Å². The van der Waals surface area contributed by atoms with Crippen molar-refractivity contribution < 1.29 is 23.5 Å². The number of furan rings is 1. The van der Waals surface area contributed by atoms with E-state index in [2.05, 4.69) is 33.0 Å². The van der Waals surface area contributed by atoms with Crippen molar-refractivity contribution in [1.82, 2.24) is 9.78 Å². The lowest BCUT2D eigenvalue weighted by Crippen LogP contribution is -2.14. The van der Waals surface area contributed by atoms with Crippen molar-refractivity contribution in [3.8, 4) is 5.75 Å². The van der Waals surface area contributed by atoms with Gasteiger partial charge < -0.3 is 19.2 Å². The van der Waals surface area contributed by atoms with Gasteiger partial charge in [0.05, 0.1) is 12.8 Å². The fourth-order valence-corrected chi connectivity index (χ4v) is 2.73. The molecule has 9 heteroatoms. The SMILES string of the molecule is CCn1cc(NC(=O)c2ccc(COc3ccc(I)cc3)o2)c(C(=O)OC)n1. The minimum Gasteiger partial charge on any atom is -0.486 e. The van der Waals surface area contributed by atoms with Gasteiger partial charge in [0, 0.05) is 16.3 Å². The number of ether oxygens (including phenoxy) is 2. The number of benzene rings is 1. The first kappa shape index (κ1) is 19.9. The number of methoxy groups -OCH3 is 1. The van der Waals surface area contributed by atoms with Crippen LogP contribution in [0.2, 0.25) is 0 Å². The second-order valence-corrected chi connectivity index (χ2v) is 6.95. The highest BCUT2D eigenvalue weighted by Gasteiger charge is 2.21. The average Bonchev–Trinajstić information content (AvgIpc) is 3.34. The molecule has 0 saturated carbocycles. The highest BCUT2D eigenvalue weighted by molar-refractivity contribution is 14.1. The molecule has 8 nitrogen and oxygen atoms in total. The number of halogens is 1. The standard InChI is InChI=1S/C19H18IN3O5/c1-3-23-10-15(17(22-23)19(25)26-2)21-18(24)16-9-8-14(28-16)11-27-13-6-4-12(20)5-7-13/h4-10H,3,11H2,1-2H3,(H,21,24). The number of aromatic nitrogens is 2. The molecule has 0 aliphatic carbocycles. The van der Waals surface area contributed by atoms with Gasteiger partial charge in [0.25, 0.3) is 5.91 Å². The second kappa shape index (κ2) is 8.91. The molecule has 3 aromatic rings. The number of esters is 1. The first-order chi connectivity index (χ1) is 13.5. The van der Waals surface area contributed by atoms with Gasteiger partial charge in [-0.2, -0.15) is 5.10 Å². The van der Waals surface area contributed by atoms with Crippen LogP contribution in [0.15, 0.2) is 47.0 Å². The number of amides is 1. The monoisotopic (exact) mass is 495 g/mol. The number of carbonyl (C=O) groups excluding carboxylic acids is 2. The Hall–Kier alpha value is -2.82. The van der Waals surface area contributed by atoms with Crippen molar-refractivity contribution in [2.75, 3.05) is 12.4 Å². The molecule has 1 N–H and O–H groups in total. The van der Waals surface area contributed by atoms with Crippen molar-refractivity contribution in [2.24, 2.45) is 0 Å². The van der Waals surface area contributed by atoms with E-state index in [0.717, 1.165) is 3.57 Å². The molecule has 0 atom stereocenters. The lowest BCUT2D eigenvalue weighted by Gasteiger charge is -2.04. The molecule has 0 radical (unpaired) electrons. The molecule has 0 aliphatic heterocycles. The van der Waals surface area contributed by atoms with E-state index >= 15 is 0 Å². The maximum atomic E-state index is 12.5. The van der Waals surface area contributed by atoms with Gasteiger partial charge in [0.2, 0.25) is 0 Å². The minimum absolute atomic E-state index is 0.0338. The zero-order valence-electron chi connectivity index (χ0n) is 15.3. The van der Waals surface area contributed by atoms with Crippen LogP contribution in [0.25, 0.3) is 0 Å². The number of nitrogens with zero attached hydrogens (tertiary/aromatic N) is 2. The van der Waals surface area contributed by atoms with Crippen molar-refractivity contribution in [2.45, 2.75) is 20.1 Å². The van der Waals surface area contributed by atoms with Crippen LogP contribution in [0.5, 0.6) is 5.75 Å². The van der Waals surface area contributed by atoms with Crippen molar-refractivity contribution in [1.29, 1.82) is 0 Å². The highest BCUT2D eigenvalue weighted by Crippen LogP contribution is 2.19. The zero-order chi connectivity index (χ0) is 20.1. The van der Waals surface area contributed by atoms with E-state index in [1.807, 2.05) is 31.2 Å². The number of rotatable bonds is 7. The van der Waals surface area contributed by atoms with E-state index in [-0.39, 0.29) is 23.7 Å². The number of anilines is 1. The molecule has 1 amide bonds. The second-order valence-electron chi connectivity index (χ2n) is 5.70. The third-order valence-electron chi connectivity index (χ3n) is 3.79. The predicted octanol–water partition coefficient (Wildman–Crippen LogP) is 3.72. The topological polar surface area (TPSA) is 95.6 Å². The molecule has 28 heavy (non-hydrogen) atoms. The van der Waals surface area contributed by atoms with Gasteiger partial charge >= 0.3 is 5.97 Å². The van der Waals surface area contributed by atoms with E-state index < -0.39 is 11.9 Å². The van der Waals surface area contributed by atoms with E-state index in [9.17, 15) is 9.59 Å². The van der Waals surface area contributed by atoms with Gasteiger partial charge in [-0.15, -0.1) is 0 Å². The van der Waals surface area contributed by atoms with Crippen LogP contribution in [-0.2, 0) is 17.9 Å². The molecule has 2 aromatic heterocycles.